The van der Waals surface area contributed by atoms with Crippen molar-refractivity contribution in [2.45, 2.75) is 25.6 Å². The lowest BCUT2D eigenvalue weighted by molar-refractivity contribution is -0.138. The van der Waals surface area contributed by atoms with E-state index in [2.05, 4.69) is 31.6 Å². The van der Waals surface area contributed by atoms with E-state index in [9.17, 15) is 37.8 Å². The highest BCUT2D eigenvalue weighted by Gasteiger charge is 2.32. The molecule has 0 saturated heterocycles. The molecule has 2 aromatic carbocycles. The van der Waals surface area contributed by atoms with E-state index in [0.717, 1.165) is 6.07 Å². The Hall–Kier alpha value is -3.81. The van der Waals surface area contributed by atoms with Crippen LogP contribution in [0.5, 0.6) is 5.75 Å². The molecule has 0 aliphatic carbocycles. The van der Waals surface area contributed by atoms with E-state index < -0.39 is 60.1 Å². The van der Waals surface area contributed by atoms with Gasteiger partial charge in [0.1, 0.15) is 5.75 Å². The number of aromatic hydroxyl groups is 1. The van der Waals surface area contributed by atoms with Crippen LogP contribution in [-0.2, 0) is 15.8 Å². The van der Waals surface area contributed by atoms with Crippen molar-refractivity contribution >= 4 is 45.4 Å². The molecule has 8 N–H and O–H groups in total. The average molecular weight is 560 g/mol. The van der Waals surface area contributed by atoms with Gasteiger partial charge >= 0.3 is 12.1 Å². The van der Waals surface area contributed by atoms with Crippen molar-refractivity contribution in [3.8, 4) is 5.75 Å². The van der Waals surface area contributed by atoms with Gasteiger partial charge in [-0.2, -0.15) is 13.2 Å². The number of aliphatic carboxylic acids is 1. The molecule has 1 atom stereocenters. The summed E-state index contributed by atoms with van der Waals surface area (Å²) in [5.74, 6) is -3.95. The van der Waals surface area contributed by atoms with E-state index in [1.165, 1.54) is 6.07 Å². The molecule has 0 aliphatic rings. The number of amides is 2. The summed E-state index contributed by atoms with van der Waals surface area (Å²) in [7, 11) is 0. The third-order valence-corrected chi connectivity index (χ3v) is 5.11. The number of rotatable bonds is 8. The molecule has 2 amide bonds. The lowest BCUT2D eigenvalue weighted by atomic mass is 10.00. The third kappa shape index (κ3) is 7.88. The van der Waals surface area contributed by atoms with Crippen LogP contribution in [0.15, 0.2) is 39.8 Å². The van der Waals surface area contributed by atoms with E-state index in [1.54, 1.807) is 13.0 Å². The number of halogens is 4. The number of aryl methyl sites for hydroxylation is 1. The van der Waals surface area contributed by atoms with Gasteiger partial charge in [-0.1, -0.05) is 6.07 Å². The van der Waals surface area contributed by atoms with Gasteiger partial charge in [0.2, 0.25) is 5.91 Å². The van der Waals surface area contributed by atoms with Crippen LogP contribution < -0.4 is 22.1 Å². The van der Waals surface area contributed by atoms with E-state index in [1.807, 2.05) is 0 Å². The number of nitrogens with one attached hydrogen (secondary N) is 2. The number of nitrogens with two attached hydrogens (primary N) is 2. The lowest BCUT2D eigenvalue weighted by Gasteiger charge is -2.20. The van der Waals surface area contributed by atoms with E-state index in [0.29, 0.717) is 17.7 Å². The zero-order chi connectivity index (χ0) is 26.5. The van der Waals surface area contributed by atoms with Crippen LogP contribution in [0, 0.1) is 6.92 Å². The number of nitrogens with zero attached hydrogens (tertiary/aromatic N) is 1. The maximum absolute atomic E-state index is 13.2. The van der Waals surface area contributed by atoms with Crippen LogP contribution in [0.25, 0.3) is 0 Å². The number of guanidine groups is 1. The van der Waals surface area contributed by atoms with E-state index in [4.69, 9.17) is 11.5 Å². The Bertz CT molecular complexity index is 1180. The number of carboxylic acid groups (broad SMARTS) is 1. The fourth-order valence-electron chi connectivity index (χ4n) is 3.07. The summed E-state index contributed by atoms with van der Waals surface area (Å²) in [6, 6.07) is 4.12. The predicted molar refractivity (Wildman–Crippen MR) is 123 cm³/mol. The van der Waals surface area contributed by atoms with Gasteiger partial charge in [0.15, 0.2) is 5.96 Å². The minimum Gasteiger partial charge on any atom is -0.506 e. The van der Waals surface area contributed by atoms with Crippen molar-refractivity contribution in [1.82, 2.24) is 10.6 Å². The molecular weight excluding hydrogens is 539 g/mol. The first-order valence-corrected chi connectivity index (χ1v) is 10.6. The van der Waals surface area contributed by atoms with Crippen molar-refractivity contribution in [2.24, 2.45) is 16.5 Å². The van der Waals surface area contributed by atoms with Gasteiger partial charge in [0, 0.05) is 11.1 Å². The summed E-state index contributed by atoms with van der Waals surface area (Å²) in [6.45, 7) is 0.996. The fourth-order valence-corrected chi connectivity index (χ4v) is 3.66. The van der Waals surface area contributed by atoms with Crippen LogP contribution in [0.4, 0.5) is 18.9 Å². The summed E-state index contributed by atoms with van der Waals surface area (Å²) < 4.78 is 39.8. The summed E-state index contributed by atoms with van der Waals surface area (Å²) in [5.41, 5.74) is 9.22. The number of phenols is 1. The molecule has 2 aromatic rings. The second-order valence-electron chi connectivity index (χ2n) is 7.39. The highest BCUT2D eigenvalue weighted by Crippen LogP contribution is 2.35. The molecule has 2 rings (SSSR count). The number of benzene rings is 2. The molecule has 188 valence electrons. The number of carbonyl (C=O) groups is 3. The average Bonchev–Trinajstić information content (AvgIpc) is 2.72. The zero-order valence-corrected chi connectivity index (χ0v) is 19.7. The largest absolute Gasteiger partial charge is 0.506 e. The maximum atomic E-state index is 13.2. The smallest absolute Gasteiger partial charge is 0.416 e. The summed E-state index contributed by atoms with van der Waals surface area (Å²) >= 11 is 3.14. The predicted octanol–water partition coefficient (Wildman–Crippen LogP) is 2.45. The number of carbonyl (C=O) groups excluding carboxylic acids is 2. The molecule has 0 aromatic heterocycles. The minimum atomic E-state index is -4.80. The molecule has 0 heterocycles. The zero-order valence-electron chi connectivity index (χ0n) is 18.1. The quantitative estimate of drug-likeness (QED) is 0.212. The van der Waals surface area contributed by atoms with Gasteiger partial charge < -0.3 is 32.3 Å². The molecule has 0 bridgehead atoms. The molecular formula is C21H21BrF3N5O5. The maximum Gasteiger partial charge on any atom is 0.416 e. The van der Waals surface area contributed by atoms with Gasteiger partial charge in [-0.05, 0) is 52.7 Å². The Kier molecular flexibility index (Phi) is 8.68. The fraction of sp³-hybridized carbons (Fsp3) is 0.238. The molecule has 0 aliphatic heterocycles. The molecule has 0 saturated carbocycles. The van der Waals surface area contributed by atoms with Crippen LogP contribution in [-0.4, -0.2) is 40.5 Å². The third-order valence-electron chi connectivity index (χ3n) is 4.50. The molecule has 0 fully saturated rings. The summed E-state index contributed by atoms with van der Waals surface area (Å²) in [4.78, 5) is 39.7. The Morgan fingerprint density at radius 1 is 1.14 bits per heavy atom. The van der Waals surface area contributed by atoms with Crippen molar-refractivity contribution in [2.75, 3.05) is 6.54 Å². The highest BCUT2D eigenvalue weighted by molar-refractivity contribution is 9.10. The lowest BCUT2D eigenvalue weighted by Crippen LogP contribution is -2.39. The van der Waals surface area contributed by atoms with Crippen molar-refractivity contribution in [1.29, 1.82) is 0 Å². The van der Waals surface area contributed by atoms with E-state index in [-0.39, 0.29) is 21.5 Å². The second kappa shape index (κ2) is 11.1. The first-order chi connectivity index (χ1) is 16.2. The molecule has 0 radical (unpaired) electrons. The topological polar surface area (TPSA) is 180 Å². The molecule has 35 heavy (non-hydrogen) atoms. The first-order valence-electron chi connectivity index (χ1n) is 9.77. The van der Waals surface area contributed by atoms with Crippen molar-refractivity contribution < 1.29 is 37.8 Å². The van der Waals surface area contributed by atoms with Crippen LogP contribution in [0.2, 0.25) is 0 Å². The summed E-state index contributed by atoms with van der Waals surface area (Å²) in [5, 5.41) is 24.0. The van der Waals surface area contributed by atoms with Crippen LogP contribution in [0.1, 0.15) is 39.5 Å². The molecule has 10 nitrogen and oxygen atoms in total. The number of hydrogen-bond donors (Lipinski definition) is 6. The number of alkyl halides is 3. The van der Waals surface area contributed by atoms with Crippen LogP contribution >= 0.6 is 15.9 Å². The molecule has 14 heteroatoms. The van der Waals surface area contributed by atoms with Crippen molar-refractivity contribution in [3.05, 3.63) is 57.1 Å². The summed E-state index contributed by atoms with van der Waals surface area (Å²) in [6.07, 6.45) is -5.38. The van der Waals surface area contributed by atoms with Gasteiger partial charge in [0.25, 0.3) is 5.91 Å². The standard InChI is InChI=1S/C21H21BrF3N5O5/c1-9-2-13(18(34)14(22)3-9)15(7-17(32)33)30-16(31)8-28-19(35)10-4-11(21(23,24)25)6-12(5-10)29-20(26)27/h2-6,15,34H,7-8H2,1H3,(H,28,35)(H,30,31)(H,32,33)(H4,26,27,29). The van der Waals surface area contributed by atoms with Gasteiger partial charge in [-0.25, -0.2) is 4.99 Å². The SMILES string of the molecule is Cc1cc(Br)c(O)c(C(CC(=O)O)NC(=O)CNC(=O)c2cc(N=C(N)N)cc(C(F)(F)F)c2)c1. The van der Waals surface area contributed by atoms with Gasteiger partial charge in [0.05, 0.1) is 34.7 Å². The molecule has 1 unspecified atom stereocenters. The Balaban J connectivity index is 2.21. The van der Waals surface area contributed by atoms with Crippen molar-refractivity contribution in [3.63, 3.8) is 0 Å². The normalized spacial score (nSPS) is 11.9. The van der Waals surface area contributed by atoms with Crippen LogP contribution in [0.3, 0.4) is 0 Å². The number of carboxylic acids is 1. The monoisotopic (exact) mass is 559 g/mol. The minimum absolute atomic E-state index is 0.124. The number of hydrogen-bond acceptors (Lipinski definition) is 5. The highest BCUT2D eigenvalue weighted by atomic mass is 79.9. The first kappa shape index (κ1) is 27.4. The molecule has 0 spiro atoms. The number of phenolic OH excluding ortho intramolecular Hbond substituents is 1. The number of aliphatic imine (C=N–C) groups is 1. The van der Waals surface area contributed by atoms with Gasteiger partial charge in [-0.3, -0.25) is 14.4 Å². The Labute approximate surface area is 205 Å². The Morgan fingerprint density at radius 3 is 2.37 bits per heavy atom. The Morgan fingerprint density at radius 2 is 1.80 bits per heavy atom. The van der Waals surface area contributed by atoms with E-state index >= 15 is 0 Å². The van der Waals surface area contributed by atoms with Gasteiger partial charge in [-0.15, -0.1) is 0 Å². The second-order valence-corrected chi connectivity index (χ2v) is 8.24.